The van der Waals surface area contributed by atoms with Crippen molar-refractivity contribution < 1.29 is 14.3 Å². The molecule has 126 valence electrons. The summed E-state index contributed by atoms with van der Waals surface area (Å²) >= 11 is 6.02. The molecule has 0 aromatic heterocycles. The zero-order valence-electron chi connectivity index (χ0n) is 13.3. The number of carbonyl (C=O) groups excluding carboxylic acids is 2. The summed E-state index contributed by atoms with van der Waals surface area (Å²) in [5.41, 5.74) is 1.42. The van der Waals surface area contributed by atoms with Crippen LogP contribution in [0.1, 0.15) is 18.9 Å². The minimum absolute atomic E-state index is 0.252. The van der Waals surface area contributed by atoms with Gasteiger partial charge in [0.25, 0.3) is 0 Å². The molecule has 0 atom stereocenters. The second-order valence-corrected chi connectivity index (χ2v) is 5.46. The number of benzene rings is 2. The molecule has 2 aromatic carbocycles. The Kier molecular flexibility index (Phi) is 6.63. The van der Waals surface area contributed by atoms with Crippen molar-refractivity contribution in [2.45, 2.75) is 19.9 Å². The second-order valence-electron chi connectivity index (χ2n) is 5.05. The molecule has 0 aliphatic rings. The molecular weight excluding hydrogens is 328 g/mol. The highest BCUT2D eigenvalue weighted by Gasteiger charge is 2.10. The summed E-state index contributed by atoms with van der Waals surface area (Å²) in [6.07, 6.45) is -0.252. The molecule has 2 amide bonds. The number of nitrogens with one attached hydrogen (secondary N) is 2. The fourth-order valence-electron chi connectivity index (χ4n) is 2.05. The normalized spacial score (nSPS) is 10.1. The van der Waals surface area contributed by atoms with Crippen molar-refractivity contribution in [2.24, 2.45) is 0 Å². The Balaban J connectivity index is 1.79. The molecule has 0 saturated heterocycles. The number of halogens is 1. The third kappa shape index (κ3) is 5.59. The van der Waals surface area contributed by atoms with Gasteiger partial charge in [0.2, 0.25) is 11.8 Å². The van der Waals surface area contributed by atoms with Crippen LogP contribution in [0.3, 0.4) is 0 Å². The van der Waals surface area contributed by atoms with Gasteiger partial charge in [0.05, 0.1) is 6.61 Å². The van der Waals surface area contributed by atoms with E-state index in [9.17, 15) is 9.59 Å². The Hall–Kier alpha value is -2.53. The first kappa shape index (κ1) is 17.8. The quantitative estimate of drug-likeness (QED) is 0.755. The summed E-state index contributed by atoms with van der Waals surface area (Å²) in [5.74, 6) is -0.0119. The lowest BCUT2D eigenvalue weighted by Crippen LogP contribution is -2.27. The van der Waals surface area contributed by atoms with Crippen molar-refractivity contribution in [3.8, 4) is 5.75 Å². The van der Waals surface area contributed by atoms with Crippen LogP contribution in [0, 0.1) is 0 Å². The number of carbonyl (C=O) groups is 2. The minimum Gasteiger partial charge on any atom is -0.494 e. The van der Waals surface area contributed by atoms with Gasteiger partial charge in [-0.2, -0.15) is 0 Å². The maximum Gasteiger partial charge on any atom is 0.233 e. The topological polar surface area (TPSA) is 67.4 Å². The predicted octanol–water partition coefficient (Wildman–Crippen LogP) is 3.38. The Morgan fingerprint density at radius 1 is 1.04 bits per heavy atom. The molecule has 2 N–H and O–H groups in total. The van der Waals surface area contributed by atoms with E-state index in [0.29, 0.717) is 17.3 Å². The lowest BCUT2D eigenvalue weighted by atomic mass is 10.2. The lowest BCUT2D eigenvalue weighted by molar-refractivity contribution is -0.126. The summed E-state index contributed by atoms with van der Waals surface area (Å²) in [6.45, 7) is 2.77. The molecule has 5 nitrogen and oxygen atoms in total. The minimum atomic E-state index is -0.379. The Morgan fingerprint density at radius 3 is 2.42 bits per heavy atom. The Labute approximate surface area is 146 Å². The maximum atomic E-state index is 11.9. The molecule has 0 heterocycles. The largest absolute Gasteiger partial charge is 0.494 e. The van der Waals surface area contributed by atoms with Crippen molar-refractivity contribution in [2.75, 3.05) is 11.9 Å². The fraction of sp³-hybridized carbons (Fsp3) is 0.222. The highest BCUT2D eigenvalue weighted by Crippen LogP contribution is 2.16. The first-order chi connectivity index (χ1) is 11.6. The predicted molar refractivity (Wildman–Crippen MR) is 94.2 cm³/mol. The third-order valence-electron chi connectivity index (χ3n) is 3.20. The number of hydrogen-bond donors (Lipinski definition) is 2. The van der Waals surface area contributed by atoms with Crippen molar-refractivity contribution in [1.29, 1.82) is 0 Å². The van der Waals surface area contributed by atoms with Gasteiger partial charge in [0, 0.05) is 17.3 Å². The number of anilines is 1. The van der Waals surface area contributed by atoms with Gasteiger partial charge in [-0.1, -0.05) is 29.8 Å². The molecular formula is C18H19ClN2O3. The highest BCUT2D eigenvalue weighted by atomic mass is 35.5. The van der Waals surface area contributed by atoms with Gasteiger partial charge in [-0.25, -0.2) is 0 Å². The molecule has 0 unspecified atom stereocenters. The summed E-state index contributed by atoms with van der Waals surface area (Å²) in [4.78, 5) is 23.7. The standard InChI is InChI=1S/C18H19ClN2O3/c1-2-24-15-9-7-14(8-10-15)21-18(23)11-17(22)20-12-13-5-3-4-6-16(13)19/h3-10H,2,11-12H2,1H3,(H,20,22)(H,21,23). The zero-order valence-corrected chi connectivity index (χ0v) is 14.1. The number of hydrogen-bond acceptors (Lipinski definition) is 3. The molecule has 0 aliphatic carbocycles. The van der Waals surface area contributed by atoms with Gasteiger partial charge in [-0.3, -0.25) is 9.59 Å². The van der Waals surface area contributed by atoms with Crippen LogP contribution in [-0.2, 0) is 16.1 Å². The molecule has 0 bridgehead atoms. The molecule has 6 heteroatoms. The number of rotatable bonds is 7. The van der Waals surface area contributed by atoms with Crippen LogP contribution in [0.25, 0.3) is 0 Å². The van der Waals surface area contributed by atoms with Crippen molar-refractivity contribution in [1.82, 2.24) is 5.32 Å². The van der Waals surface area contributed by atoms with E-state index in [-0.39, 0.29) is 24.8 Å². The summed E-state index contributed by atoms with van der Waals surface area (Å²) in [7, 11) is 0. The van der Waals surface area contributed by atoms with E-state index in [1.165, 1.54) is 0 Å². The molecule has 0 fully saturated rings. The Bertz CT molecular complexity index is 702. The molecule has 0 spiro atoms. The first-order valence-electron chi connectivity index (χ1n) is 7.61. The van der Waals surface area contributed by atoms with E-state index in [0.717, 1.165) is 11.3 Å². The molecule has 2 aromatic rings. The van der Waals surface area contributed by atoms with Crippen LogP contribution in [0.15, 0.2) is 48.5 Å². The highest BCUT2D eigenvalue weighted by molar-refractivity contribution is 6.31. The zero-order chi connectivity index (χ0) is 17.4. The summed E-state index contributed by atoms with van der Waals surface area (Å²) in [6, 6.07) is 14.2. The van der Waals surface area contributed by atoms with Gasteiger partial charge in [0.15, 0.2) is 0 Å². The molecule has 0 radical (unpaired) electrons. The molecule has 0 saturated carbocycles. The first-order valence-corrected chi connectivity index (χ1v) is 7.99. The lowest BCUT2D eigenvalue weighted by Gasteiger charge is -2.08. The third-order valence-corrected chi connectivity index (χ3v) is 3.57. The van der Waals surface area contributed by atoms with Crippen LogP contribution in [0.2, 0.25) is 5.02 Å². The Morgan fingerprint density at radius 2 is 1.75 bits per heavy atom. The van der Waals surface area contributed by atoms with Gasteiger partial charge in [0.1, 0.15) is 12.2 Å². The van der Waals surface area contributed by atoms with E-state index < -0.39 is 0 Å². The SMILES string of the molecule is CCOc1ccc(NC(=O)CC(=O)NCc2ccccc2Cl)cc1. The van der Waals surface area contributed by atoms with Crippen LogP contribution < -0.4 is 15.4 Å². The van der Waals surface area contributed by atoms with Gasteiger partial charge >= 0.3 is 0 Å². The van der Waals surface area contributed by atoms with E-state index in [4.69, 9.17) is 16.3 Å². The van der Waals surface area contributed by atoms with E-state index in [2.05, 4.69) is 10.6 Å². The fourth-order valence-corrected chi connectivity index (χ4v) is 2.25. The van der Waals surface area contributed by atoms with Crippen molar-refractivity contribution in [3.63, 3.8) is 0 Å². The van der Waals surface area contributed by atoms with Crippen LogP contribution in [-0.4, -0.2) is 18.4 Å². The summed E-state index contributed by atoms with van der Waals surface area (Å²) in [5, 5.41) is 5.93. The van der Waals surface area contributed by atoms with Gasteiger partial charge in [-0.05, 0) is 42.8 Å². The molecule has 0 aliphatic heterocycles. The van der Waals surface area contributed by atoms with Gasteiger partial charge in [-0.15, -0.1) is 0 Å². The van der Waals surface area contributed by atoms with E-state index in [1.807, 2.05) is 25.1 Å². The smallest absolute Gasteiger partial charge is 0.233 e. The summed E-state index contributed by atoms with van der Waals surface area (Å²) < 4.78 is 5.33. The van der Waals surface area contributed by atoms with Crippen molar-refractivity contribution >= 4 is 29.1 Å². The average Bonchev–Trinajstić information content (AvgIpc) is 2.56. The maximum absolute atomic E-state index is 11.9. The monoisotopic (exact) mass is 346 g/mol. The van der Waals surface area contributed by atoms with Crippen molar-refractivity contribution in [3.05, 3.63) is 59.1 Å². The van der Waals surface area contributed by atoms with Gasteiger partial charge < -0.3 is 15.4 Å². The number of ether oxygens (including phenoxy) is 1. The molecule has 24 heavy (non-hydrogen) atoms. The van der Waals surface area contributed by atoms with E-state index in [1.54, 1.807) is 30.3 Å². The van der Waals surface area contributed by atoms with E-state index >= 15 is 0 Å². The van der Waals surface area contributed by atoms with Crippen LogP contribution >= 0.6 is 11.6 Å². The second kappa shape index (κ2) is 8.93. The average molecular weight is 347 g/mol. The van der Waals surface area contributed by atoms with Crippen LogP contribution in [0.5, 0.6) is 5.75 Å². The molecule has 2 rings (SSSR count). The number of amides is 2. The van der Waals surface area contributed by atoms with Crippen LogP contribution in [0.4, 0.5) is 5.69 Å².